The van der Waals surface area contributed by atoms with Gasteiger partial charge in [-0.15, -0.1) is 11.8 Å². The SMILES string of the molecule is CON=C(C(=O)NC1C(=O)N2C(C(=O)OC(c3ccccc3)c3ccccc3)=C(S/C=C\c3ccc(C)nc3)CS[C@H]12)c1nsc(N)n1. The summed E-state index contributed by atoms with van der Waals surface area (Å²) in [5.74, 6) is -1.49. The minimum atomic E-state index is -0.955. The zero-order valence-electron chi connectivity index (χ0n) is 25.7. The van der Waals surface area contributed by atoms with Crippen LogP contribution in [0.15, 0.2) is 100 Å². The van der Waals surface area contributed by atoms with Crippen molar-refractivity contribution in [3.05, 3.63) is 123 Å². The zero-order valence-corrected chi connectivity index (χ0v) is 28.1. The molecule has 244 valence electrons. The second-order valence-corrected chi connectivity index (χ2v) is 13.4. The maximum Gasteiger partial charge on any atom is 0.356 e. The van der Waals surface area contributed by atoms with Gasteiger partial charge in [0.2, 0.25) is 11.5 Å². The number of nitrogen functional groups attached to an aromatic ring is 1. The Bertz CT molecular complexity index is 1860. The lowest BCUT2D eigenvalue weighted by atomic mass is 10.0. The second-order valence-electron chi connectivity index (χ2n) is 10.5. The molecule has 6 rings (SSSR count). The molecule has 12 nitrogen and oxygen atoms in total. The molecule has 0 radical (unpaired) electrons. The summed E-state index contributed by atoms with van der Waals surface area (Å²) in [6, 6.07) is 21.7. The maximum atomic E-state index is 14.2. The number of hydrogen-bond donors (Lipinski definition) is 2. The Morgan fingerprint density at radius 2 is 1.81 bits per heavy atom. The van der Waals surface area contributed by atoms with Crippen LogP contribution in [0.3, 0.4) is 0 Å². The molecule has 1 saturated heterocycles. The van der Waals surface area contributed by atoms with Gasteiger partial charge in [0, 0.05) is 34.1 Å². The van der Waals surface area contributed by atoms with Crippen LogP contribution in [0.2, 0.25) is 0 Å². The van der Waals surface area contributed by atoms with E-state index in [-0.39, 0.29) is 22.4 Å². The van der Waals surface area contributed by atoms with Gasteiger partial charge in [-0.3, -0.25) is 19.5 Å². The topological polar surface area (TPSA) is 162 Å². The lowest BCUT2D eigenvalue weighted by Gasteiger charge is -2.49. The Balaban J connectivity index is 1.29. The molecular weight excluding hydrogens is 671 g/mol. The van der Waals surface area contributed by atoms with E-state index in [0.29, 0.717) is 10.7 Å². The smallest absolute Gasteiger partial charge is 0.356 e. The van der Waals surface area contributed by atoms with Crippen molar-refractivity contribution in [2.75, 3.05) is 18.6 Å². The number of β-lactam (4-membered cyclic amide) rings is 1. The molecule has 15 heteroatoms. The third kappa shape index (κ3) is 7.12. The largest absolute Gasteiger partial charge is 0.448 e. The van der Waals surface area contributed by atoms with E-state index in [2.05, 4.69) is 24.8 Å². The van der Waals surface area contributed by atoms with Gasteiger partial charge in [-0.05, 0) is 41.2 Å². The highest BCUT2D eigenvalue weighted by Crippen LogP contribution is 2.45. The van der Waals surface area contributed by atoms with Crippen molar-refractivity contribution in [1.29, 1.82) is 0 Å². The molecule has 2 aromatic heterocycles. The van der Waals surface area contributed by atoms with Crippen molar-refractivity contribution in [2.45, 2.75) is 24.4 Å². The monoisotopic (exact) mass is 699 g/mol. The molecule has 3 N–H and O–H groups in total. The molecule has 48 heavy (non-hydrogen) atoms. The third-order valence-corrected chi connectivity index (χ3v) is 10.2. The number of anilines is 1. The summed E-state index contributed by atoms with van der Waals surface area (Å²) in [7, 11) is 1.28. The third-order valence-electron chi connectivity index (χ3n) is 7.30. The molecule has 1 fully saturated rings. The summed E-state index contributed by atoms with van der Waals surface area (Å²) in [6.45, 7) is 1.91. The Morgan fingerprint density at radius 3 is 2.42 bits per heavy atom. The van der Waals surface area contributed by atoms with Gasteiger partial charge in [-0.2, -0.15) is 9.36 Å². The van der Waals surface area contributed by atoms with E-state index in [1.54, 1.807) is 6.20 Å². The van der Waals surface area contributed by atoms with Crippen LogP contribution in [0.4, 0.5) is 5.13 Å². The van der Waals surface area contributed by atoms with E-state index in [0.717, 1.165) is 33.9 Å². The van der Waals surface area contributed by atoms with E-state index in [4.69, 9.17) is 15.3 Å². The molecule has 0 aliphatic carbocycles. The first-order valence-electron chi connectivity index (χ1n) is 14.6. The number of carbonyl (C=O) groups is 3. The first-order valence-corrected chi connectivity index (χ1v) is 17.3. The Labute approximate surface area is 288 Å². The number of nitrogens with one attached hydrogen (secondary N) is 1. The number of esters is 1. The van der Waals surface area contributed by atoms with Gasteiger partial charge in [0.1, 0.15) is 24.2 Å². The number of hydrogen-bond acceptors (Lipinski definition) is 13. The van der Waals surface area contributed by atoms with Gasteiger partial charge in [-0.1, -0.05) is 83.6 Å². The number of aryl methyl sites for hydroxylation is 1. The minimum Gasteiger partial charge on any atom is -0.448 e. The van der Waals surface area contributed by atoms with Crippen molar-refractivity contribution in [1.82, 2.24) is 24.6 Å². The summed E-state index contributed by atoms with van der Waals surface area (Å²) < 4.78 is 10.3. The van der Waals surface area contributed by atoms with Crippen LogP contribution in [-0.4, -0.2) is 67.0 Å². The molecule has 1 unspecified atom stereocenters. The number of benzene rings is 2. The highest BCUT2D eigenvalue weighted by Gasteiger charge is 2.55. The summed E-state index contributed by atoms with van der Waals surface area (Å²) in [4.78, 5) is 56.4. The number of aromatic nitrogens is 3. The normalized spacial score (nSPS) is 17.7. The first-order chi connectivity index (χ1) is 23.3. The fourth-order valence-corrected chi connectivity index (χ4v) is 7.79. The van der Waals surface area contributed by atoms with Crippen molar-refractivity contribution >= 4 is 69.8 Å². The van der Waals surface area contributed by atoms with E-state index >= 15 is 0 Å². The number of pyridine rings is 1. The number of carbonyl (C=O) groups excluding carboxylic acids is 3. The summed E-state index contributed by atoms with van der Waals surface area (Å²) >= 11 is 3.64. The number of thioether (sulfide) groups is 2. The fourth-order valence-electron chi connectivity index (χ4n) is 5.01. The highest BCUT2D eigenvalue weighted by atomic mass is 32.2. The van der Waals surface area contributed by atoms with Crippen LogP contribution >= 0.6 is 35.1 Å². The molecule has 2 amide bonds. The molecule has 2 aromatic carbocycles. The van der Waals surface area contributed by atoms with Crippen LogP contribution < -0.4 is 11.1 Å². The van der Waals surface area contributed by atoms with Crippen LogP contribution in [0.1, 0.15) is 34.3 Å². The Hall–Kier alpha value is -4.99. The van der Waals surface area contributed by atoms with Gasteiger partial charge in [0.05, 0.1) is 0 Å². The summed E-state index contributed by atoms with van der Waals surface area (Å²) in [6.07, 6.45) is 2.92. The minimum absolute atomic E-state index is 0.0249. The van der Waals surface area contributed by atoms with E-state index in [9.17, 15) is 14.4 Å². The van der Waals surface area contributed by atoms with E-state index < -0.39 is 35.3 Å². The Morgan fingerprint density at radius 1 is 1.10 bits per heavy atom. The van der Waals surface area contributed by atoms with Crippen molar-refractivity contribution in [3.8, 4) is 0 Å². The predicted octanol–water partition coefficient (Wildman–Crippen LogP) is 4.52. The zero-order chi connectivity index (χ0) is 33.6. The number of amides is 2. The number of rotatable bonds is 11. The molecule has 2 aliphatic rings. The number of fused-ring (bicyclic) bond motifs is 1. The molecule has 0 saturated carbocycles. The Kier molecular flexibility index (Phi) is 10.2. The van der Waals surface area contributed by atoms with Crippen molar-refractivity contribution < 1.29 is 24.0 Å². The van der Waals surface area contributed by atoms with Gasteiger partial charge < -0.3 is 20.6 Å². The molecule has 0 spiro atoms. The van der Waals surface area contributed by atoms with Gasteiger partial charge in [0.15, 0.2) is 11.2 Å². The number of nitrogens with zero attached hydrogens (tertiary/aromatic N) is 5. The molecule has 4 aromatic rings. The lowest BCUT2D eigenvalue weighted by molar-refractivity contribution is -0.154. The maximum absolute atomic E-state index is 14.2. The molecule has 4 heterocycles. The number of nitrogens with two attached hydrogens (primary N) is 1. The number of ether oxygens (including phenoxy) is 1. The molecule has 0 bridgehead atoms. The van der Waals surface area contributed by atoms with Crippen LogP contribution in [-0.2, 0) is 24.0 Å². The van der Waals surface area contributed by atoms with Gasteiger partial charge >= 0.3 is 5.97 Å². The first kappa shape index (κ1) is 32.9. The molecule has 2 atom stereocenters. The fraction of sp³-hybridized carbons (Fsp3) is 0.182. The highest BCUT2D eigenvalue weighted by molar-refractivity contribution is 8.08. The van der Waals surface area contributed by atoms with Gasteiger partial charge in [0.25, 0.3) is 11.8 Å². The van der Waals surface area contributed by atoms with E-state index in [1.807, 2.05) is 91.2 Å². The van der Waals surface area contributed by atoms with Crippen molar-refractivity contribution in [2.24, 2.45) is 5.16 Å². The van der Waals surface area contributed by atoms with Crippen LogP contribution in [0.5, 0.6) is 0 Å². The second kappa shape index (κ2) is 14.8. The van der Waals surface area contributed by atoms with Crippen LogP contribution in [0.25, 0.3) is 6.08 Å². The van der Waals surface area contributed by atoms with Crippen molar-refractivity contribution in [3.63, 3.8) is 0 Å². The number of oxime groups is 1. The summed E-state index contributed by atoms with van der Waals surface area (Å²) in [5, 5.41) is 7.89. The van der Waals surface area contributed by atoms with E-state index in [1.165, 1.54) is 35.5 Å². The molecular formula is C33H29N7O5S3. The average molecular weight is 700 g/mol. The quantitative estimate of drug-likeness (QED) is 0.0980. The van der Waals surface area contributed by atoms with Crippen LogP contribution in [0, 0.1) is 6.92 Å². The van der Waals surface area contributed by atoms with Gasteiger partial charge in [-0.25, -0.2) is 4.79 Å². The molecule has 2 aliphatic heterocycles. The predicted molar refractivity (Wildman–Crippen MR) is 186 cm³/mol. The summed E-state index contributed by atoms with van der Waals surface area (Å²) in [5.41, 5.74) is 8.94. The average Bonchev–Trinajstić information content (AvgIpc) is 3.55. The standard InChI is InChI=1S/C33H29N7O5S3/c1-19-13-14-20(17-35-19)15-16-46-23-18-47-31-25(36-29(41)24(38-44-2)28-37-33(34)48-39-28)30(42)40(31)26(23)32(43)45-27(21-9-5-3-6-10-21)22-11-7-4-8-12-22/h3-17,25,27,31H,18H2,1-2H3,(H,36,41)(H2,34,37,39)/b16-15-,38-24?/t25?,31-/m1/s1. The lowest BCUT2D eigenvalue weighted by Crippen LogP contribution is -2.71.